The third-order valence-corrected chi connectivity index (χ3v) is 4.34. The molecule has 0 unspecified atom stereocenters. The van der Waals surface area contributed by atoms with Crippen LogP contribution in [0.5, 0.6) is 0 Å². The molecule has 1 aromatic rings. The summed E-state index contributed by atoms with van der Waals surface area (Å²) in [5.41, 5.74) is 1.89. The van der Waals surface area contributed by atoms with Crippen LogP contribution >= 0.6 is 0 Å². The second-order valence-corrected chi connectivity index (χ2v) is 5.89. The normalized spacial score (nSPS) is 19.1. The SMILES string of the molecule is CC1(NC(=O)N2CCc3ccc(C(=O)O)cc32)CCC1. The summed E-state index contributed by atoms with van der Waals surface area (Å²) < 4.78 is 0. The van der Waals surface area contributed by atoms with Crippen LogP contribution in [0.15, 0.2) is 18.2 Å². The Morgan fingerprint density at radius 1 is 1.35 bits per heavy atom. The number of carbonyl (C=O) groups is 2. The van der Waals surface area contributed by atoms with Gasteiger partial charge in [0.1, 0.15) is 0 Å². The Kier molecular flexibility index (Phi) is 2.92. The zero-order valence-electron chi connectivity index (χ0n) is 11.5. The quantitative estimate of drug-likeness (QED) is 0.870. The van der Waals surface area contributed by atoms with E-state index >= 15 is 0 Å². The van der Waals surface area contributed by atoms with E-state index in [2.05, 4.69) is 12.2 Å². The molecule has 0 spiro atoms. The number of fused-ring (bicyclic) bond motifs is 1. The molecule has 0 bridgehead atoms. The zero-order chi connectivity index (χ0) is 14.3. The van der Waals surface area contributed by atoms with Crippen LogP contribution in [0.25, 0.3) is 0 Å². The fourth-order valence-corrected chi connectivity index (χ4v) is 2.88. The molecule has 5 nitrogen and oxygen atoms in total. The predicted molar refractivity (Wildman–Crippen MR) is 75.2 cm³/mol. The lowest BCUT2D eigenvalue weighted by molar-refractivity contribution is 0.0697. The molecule has 2 N–H and O–H groups in total. The van der Waals surface area contributed by atoms with Crippen LogP contribution in [0.2, 0.25) is 0 Å². The lowest BCUT2D eigenvalue weighted by Crippen LogP contribution is -2.55. The number of nitrogens with one attached hydrogen (secondary N) is 1. The van der Waals surface area contributed by atoms with Crippen LogP contribution in [0.4, 0.5) is 10.5 Å². The maximum atomic E-state index is 12.4. The lowest BCUT2D eigenvalue weighted by Gasteiger charge is -2.40. The molecule has 1 saturated carbocycles. The van der Waals surface area contributed by atoms with Crippen molar-refractivity contribution in [3.05, 3.63) is 29.3 Å². The van der Waals surface area contributed by atoms with Crippen molar-refractivity contribution < 1.29 is 14.7 Å². The number of benzene rings is 1. The van der Waals surface area contributed by atoms with E-state index in [4.69, 9.17) is 5.11 Å². The van der Waals surface area contributed by atoms with Crippen LogP contribution in [-0.4, -0.2) is 29.2 Å². The Balaban J connectivity index is 1.82. The first-order valence-electron chi connectivity index (χ1n) is 6.94. The zero-order valence-corrected chi connectivity index (χ0v) is 11.5. The van der Waals surface area contributed by atoms with Gasteiger partial charge in [0.2, 0.25) is 0 Å². The first-order valence-corrected chi connectivity index (χ1v) is 6.94. The van der Waals surface area contributed by atoms with Crippen molar-refractivity contribution in [2.24, 2.45) is 0 Å². The highest BCUT2D eigenvalue weighted by Gasteiger charge is 2.36. The summed E-state index contributed by atoms with van der Waals surface area (Å²) >= 11 is 0. The summed E-state index contributed by atoms with van der Waals surface area (Å²) in [4.78, 5) is 25.1. The van der Waals surface area contributed by atoms with Crippen LogP contribution in [0, 0.1) is 0 Å². The Morgan fingerprint density at radius 3 is 2.70 bits per heavy atom. The number of hydrogen-bond acceptors (Lipinski definition) is 2. The molecule has 2 amide bonds. The number of urea groups is 1. The van der Waals surface area contributed by atoms with E-state index < -0.39 is 5.97 Å². The van der Waals surface area contributed by atoms with Crippen LogP contribution in [0.1, 0.15) is 42.1 Å². The van der Waals surface area contributed by atoms with Gasteiger partial charge in [-0.1, -0.05) is 6.07 Å². The van der Waals surface area contributed by atoms with Crippen molar-refractivity contribution in [2.75, 3.05) is 11.4 Å². The third kappa shape index (κ3) is 2.13. The Bertz CT molecular complexity index is 578. The van der Waals surface area contributed by atoms with Crippen LogP contribution < -0.4 is 10.2 Å². The standard InChI is InChI=1S/C15H18N2O3/c1-15(6-2-7-15)16-14(20)17-8-5-10-3-4-11(13(18)19)9-12(10)17/h3-4,9H,2,5-8H2,1H3,(H,16,20)(H,18,19). The molecule has 0 saturated heterocycles. The highest BCUT2D eigenvalue weighted by Crippen LogP contribution is 2.33. The predicted octanol–water partition coefficient (Wildman–Crippen LogP) is 2.40. The number of nitrogens with zero attached hydrogens (tertiary/aromatic N) is 1. The lowest BCUT2D eigenvalue weighted by atomic mass is 9.79. The molecule has 1 aliphatic carbocycles. The minimum atomic E-state index is -0.967. The van der Waals surface area contributed by atoms with Crippen molar-refractivity contribution in [2.45, 2.75) is 38.1 Å². The summed E-state index contributed by atoms with van der Waals surface area (Å²) in [7, 11) is 0. The molecule has 1 heterocycles. The highest BCUT2D eigenvalue weighted by molar-refractivity contribution is 5.97. The Labute approximate surface area is 117 Å². The van der Waals surface area contributed by atoms with Crippen LogP contribution in [0.3, 0.4) is 0 Å². The van der Waals surface area contributed by atoms with Gasteiger partial charge in [0.05, 0.1) is 5.56 Å². The molecular weight excluding hydrogens is 256 g/mol. The number of carboxylic acid groups (broad SMARTS) is 1. The summed E-state index contributed by atoms with van der Waals surface area (Å²) in [6.45, 7) is 2.67. The summed E-state index contributed by atoms with van der Waals surface area (Å²) in [5.74, 6) is -0.967. The van der Waals surface area contributed by atoms with Gasteiger partial charge in [-0.15, -0.1) is 0 Å². The molecule has 3 rings (SSSR count). The number of carboxylic acids is 1. The van der Waals surface area contributed by atoms with Gasteiger partial charge in [-0.25, -0.2) is 9.59 Å². The van der Waals surface area contributed by atoms with Gasteiger partial charge < -0.3 is 10.4 Å². The fraction of sp³-hybridized carbons (Fsp3) is 0.467. The van der Waals surface area contributed by atoms with E-state index in [1.807, 2.05) is 0 Å². The van der Waals surface area contributed by atoms with Gasteiger partial charge in [0.15, 0.2) is 0 Å². The van der Waals surface area contributed by atoms with Gasteiger partial charge >= 0.3 is 12.0 Å². The smallest absolute Gasteiger partial charge is 0.335 e. The molecule has 5 heteroatoms. The van der Waals surface area contributed by atoms with Gasteiger partial charge in [-0.2, -0.15) is 0 Å². The largest absolute Gasteiger partial charge is 0.478 e. The molecule has 106 valence electrons. The summed E-state index contributed by atoms with van der Waals surface area (Å²) in [6.07, 6.45) is 3.94. The van der Waals surface area contributed by atoms with E-state index in [1.165, 1.54) is 0 Å². The average molecular weight is 274 g/mol. The minimum absolute atomic E-state index is 0.0930. The van der Waals surface area contributed by atoms with Crippen molar-refractivity contribution in [3.63, 3.8) is 0 Å². The van der Waals surface area contributed by atoms with Crippen molar-refractivity contribution in [1.82, 2.24) is 5.32 Å². The van der Waals surface area contributed by atoms with Gasteiger partial charge in [-0.05, 0) is 50.3 Å². The van der Waals surface area contributed by atoms with Gasteiger partial charge in [0.25, 0.3) is 0 Å². The number of aromatic carboxylic acids is 1. The number of hydrogen-bond donors (Lipinski definition) is 2. The molecule has 2 aliphatic rings. The van der Waals surface area contributed by atoms with Crippen molar-refractivity contribution in [3.8, 4) is 0 Å². The number of amides is 2. The molecule has 0 atom stereocenters. The Hall–Kier alpha value is -2.04. The molecule has 1 aromatic carbocycles. The van der Waals surface area contributed by atoms with Gasteiger partial charge in [-0.3, -0.25) is 4.90 Å². The van der Waals surface area contributed by atoms with E-state index in [9.17, 15) is 9.59 Å². The first-order chi connectivity index (χ1) is 9.48. The summed E-state index contributed by atoms with van der Waals surface area (Å²) in [6, 6.07) is 4.87. The molecule has 0 radical (unpaired) electrons. The number of rotatable bonds is 2. The molecule has 1 fully saturated rings. The molecular formula is C15H18N2O3. The summed E-state index contributed by atoms with van der Waals surface area (Å²) in [5, 5.41) is 12.1. The van der Waals surface area contributed by atoms with E-state index in [0.29, 0.717) is 6.54 Å². The maximum absolute atomic E-state index is 12.4. The third-order valence-electron chi connectivity index (χ3n) is 4.34. The van der Waals surface area contributed by atoms with E-state index in [0.717, 1.165) is 36.9 Å². The van der Waals surface area contributed by atoms with Crippen molar-refractivity contribution in [1.29, 1.82) is 0 Å². The van der Waals surface area contributed by atoms with Crippen molar-refractivity contribution >= 4 is 17.7 Å². The second kappa shape index (κ2) is 4.51. The fourth-order valence-electron chi connectivity index (χ4n) is 2.88. The monoisotopic (exact) mass is 274 g/mol. The number of carbonyl (C=O) groups excluding carboxylic acids is 1. The Morgan fingerprint density at radius 2 is 2.10 bits per heavy atom. The number of anilines is 1. The topological polar surface area (TPSA) is 69.6 Å². The van der Waals surface area contributed by atoms with Gasteiger partial charge in [0, 0.05) is 17.8 Å². The molecule has 20 heavy (non-hydrogen) atoms. The molecule has 1 aliphatic heterocycles. The maximum Gasteiger partial charge on any atom is 0.335 e. The minimum Gasteiger partial charge on any atom is -0.478 e. The van der Waals surface area contributed by atoms with E-state index in [-0.39, 0.29) is 17.1 Å². The first kappa shape index (κ1) is 13.0. The average Bonchev–Trinajstić information content (AvgIpc) is 2.79. The second-order valence-electron chi connectivity index (χ2n) is 5.89. The molecule has 0 aromatic heterocycles. The van der Waals surface area contributed by atoms with Crippen LogP contribution in [-0.2, 0) is 6.42 Å². The van der Waals surface area contributed by atoms with E-state index in [1.54, 1.807) is 23.1 Å². The highest BCUT2D eigenvalue weighted by atomic mass is 16.4.